The number of ketones is 1. The van der Waals surface area contributed by atoms with Crippen molar-refractivity contribution in [3.8, 4) is 22.6 Å². The molecule has 6 rings (SSSR count). The van der Waals surface area contributed by atoms with Crippen LogP contribution >= 0.6 is 11.3 Å². The van der Waals surface area contributed by atoms with E-state index in [-0.39, 0.29) is 16.6 Å². The largest absolute Gasteiger partial charge is 0.506 e. The molecular weight excluding hydrogens is 499 g/mol. The van der Waals surface area contributed by atoms with Gasteiger partial charge in [-0.05, 0) is 35.4 Å². The van der Waals surface area contributed by atoms with Crippen molar-refractivity contribution in [2.75, 3.05) is 0 Å². The summed E-state index contributed by atoms with van der Waals surface area (Å²) in [6, 6.07) is 26.9. The molecule has 0 fully saturated rings. The van der Waals surface area contributed by atoms with E-state index in [0.29, 0.717) is 4.70 Å². The summed E-state index contributed by atoms with van der Waals surface area (Å²) < 4.78 is 43.0. The Morgan fingerprint density at radius 2 is 1.38 bits per heavy atom. The van der Waals surface area contributed by atoms with Gasteiger partial charge in [-0.25, -0.2) is 0 Å². The Hall–Kier alpha value is -4.43. The number of pyridine rings is 1. The molecule has 2 aromatic heterocycles. The van der Waals surface area contributed by atoms with Crippen LogP contribution in [0.3, 0.4) is 0 Å². The van der Waals surface area contributed by atoms with Gasteiger partial charge in [0.2, 0.25) is 0 Å². The summed E-state index contributed by atoms with van der Waals surface area (Å²) in [6.07, 6.45) is -5.33. The molecule has 0 saturated heterocycles. The molecule has 1 N–H and O–H groups in total. The molecule has 0 spiro atoms. The van der Waals surface area contributed by atoms with Crippen LogP contribution < -0.4 is 5.56 Å². The van der Waals surface area contributed by atoms with E-state index >= 15 is 0 Å². The van der Waals surface area contributed by atoms with Gasteiger partial charge in [0, 0.05) is 26.5 Å². The molecule has 182 valence electrons. The fraction of sp³-hybridized carbons (Fsp3) is 0.0345. The number of hydrogen-bond donors (Lipinski definition) is 1. The van der Waals surface area contributed by atoms with Gasteiger partial charge in [-0.2, -0.15) is 13.2 Å². The third-order valence-corrected chi connectivity index (χ3v) is 7.56. The molecule has 2 heterocycles. The maximum absolute atomic E-state index is 13.6. The van der Waals surface area contributed by atoms with E-state index in [1.807, 2.05) is 54.6 Å². The number of fused-ring (bicyclic) bond motifs is 5. The summed E-state index contributed by atoms with van der Waals surface area (Å²) in [6.45, 7) is 0. The van der Waals surface area contributed by atoms with Gasteiger partial charge in [0.05, 0.1) is 10.2 Å². The van der Waals surface area contributed by atoms with Crippen LogP contribution in [0.2, 0.25) is 0 Å². The van der Waals surface area contributed by atoms with Crippen LogP contribution in [0.25, 0.3) is 47.9 Å². The maximum atomic E-state index is 13.6. The third kappa shape index (κ3) is 3.60. The third-order valence-electron chi connectivity index (χ3n) is 6.37. The first-order valence-corrected chi connectivity index (χ1v) is 12.1. The van der Waals surface area contributed by atoms with Crippen molar-refractivity contribution in [2.24, 2.45) is 0 Å². The summed E-state index contributed by atoms with van der Waals surface area (Å²) in [5.74, 6) is -3.36. The minimum Gasteiger partial charge on any atom is -0.506 e. The first-order valence-electron chi connectivity index (χ1n) is 11.2. The van der Waals surface area contributed by atoms with Crippen molar-refractivity contribution in [3.63, 3.8) is 0 Å². The van der Waals surface area contributed by atoms with Crippen molar-refractivity contribution < 1.29 is 23.1 Å². The fourth-order valence-electron chi connectivity index (χ4n) is 4.66. The van der Waals surface area contributed by atoms with Crippen LogP contribution in [-0.2, 0) is 0 Å². The van der Waals surface area contributed by atoms with E-state index in [2.05, 4.69) is 0 Å². The lowest BCUT2D eigenvalue weighted by molar-refractivity contribution is -0.0887. The molecule has 0 aliphatic heterocycles. The molecule has 0 amide bonds. The van der Waals surface area contributed by atoms with E-state index < -0.39 is 28.8 Å². The molecule has 4 nitrogen and oxygen atoms in total. The lowest BCUT2D eigenvalue weighted by atomic mass is 10.0. The lowest BCUT2D eigenvalue weighted by Crippen LogP contribution is -2.33. The normalized spacial score (nSPS) is 12.0. The number of aromatic hydroxyl groups is 1. The number of rotatable bonds is 3. The maximum Gasteiger partial charge on any atom is 0.455 e. The topological polar surface area (TPSA) is 59.3 Å². The van der Waals surface area contributed by atoms with Crippen LogP contribution in [0.15, 0.2) is 95.8 Å². The molecule has 8 heteroatoms. The summed E-state index contributed by atoms with van der Waals surface area (Å²) in [7, 11) is 0. The first kappa shape index (κ1) is 23.0. The smallest absolute Gasteiger partial charge is 0.455 e. The zero-order chi connectivity index (χ0) is 25.9. The number of halogens is 3. The Balaban J connectivity index is 1.73. The number of carbonyl (C=O) groups excluding carboxylic acids is 1. The van der Waals surface area contributed by atoms with Crippen molar-refractivity contribution >= 4 is 48.2 Å². The number of benzene rings is 4. The van der Waals surface area contributed by atoms with Crippen molar-refractivity contribution in [1.29, 1.82) is 0 Å². The van der Waals surface area contributed by atoms with E-state index in [9.17, 15) is 27.9 Å². The van der Waals surface area contributed by atoms with Gasteiger partial charge < -0.3 is 5.11 Å². The second-order valence-corrected chi connectivity index (χ2v) is 9.59. The predicted molar refractivity (Wildman–Crippen MR) is 140 cm³/mol. The first-order chi connectivity index (χ1) is 17.8. The molecule has 0 unspecified atom stereocenters. The van der Waals surface area contributed by atoms with Gasteiger partial charge in [0.15, 0.2) is 0 Å². The van der Waals surface area contributed by atoms with Gasteiger partial charge in [-0.1, -0.05) is 66.7 Å². The molecule has 6 aromatic rings. The Morgan fingerprint density at radius 3 is 2.08 bits per heavy atom. The summed E-state index contributed by atoms with van der Waals surface area (Å²) >= 11 is 1.36. The van der Waals surface area contributed by atoms with Gasteiger partial charge in [0.1, 0.15) is 11.3 Å². The van der Waals surface area contributed by atoms with Crippen molar-refractivity contribution in [2.45, 2.75) is 6.18 Å². The number of nitrogens with zero attached hydrogens (tertiary/aromatic N) is 1. The summed E-state index contributed by atoms with van der Waals surface area (Å²) in [5.41, 5.74) is -0.239. The molecule has 0 atom stereocenters. The molecule has 4 aromatic carbocycles. The van der Waals surface area contributed by atoms with E-state index in [1.54, 1.807) is 30.3 Å². The monoisotopic (exact) mass is 515 g/mol. The molecular formula is C29H16F3NO3S. The average Bonchev–Trinajstić information content (AvgIpc) is 3.28. The Labute approximate surface area is 211 Å². The number of thiophene rings is 1. The summed E-state index contributed by atoms with van der Waals surface area (Å²) in [5, 5.41) is 12.5. The van der Waals surface area contributed by atoms with Crippen LogP contribution in [0, 0.1) is 0 Å². The van der Waals surface area contributed by atoms with Gasteiger partial charge in [-0.3, -0.25) is 14.2 Å². The number of alkyl halides is 3. The standard InChI is InChI=1S/C29H16F3NO3S/c30-29(31,32)27(35)23-25(34)21-15-14-20-19-8-4-5-9-22(19)37-26(20)24(21)33(28(23)36)18-12-10-17(11-13-18)16-6-2-1-3-7-16/h1-15,34H. The number of aromatic nitrogens is 1. The van der Waals surface area contributed by atoms with E-state index in [4.69, 9.17) is 0 Å². The number of hydrogen-bond acceptors (Lipinski definition) is 4. The molecule has 0 aliphatic rings. The predicted octanol–water partition coefficient (Wildman–Crippen LogP) is 7.48. The average molecular weight is 516 g/mol. The Morgan fingerprint density at radius 1 is 0.757 bits per heavy atom. The highest BCUT2D eigenvalue weighted by molar-refractivity contribution is 7.26. The second-order valence-electron chi connectivity index (χ2n) is 8.54. The molecule has 37 heavy (non-hydrogen) atoms. The zero-order valence-electron chi connectivity index (χ0n) is 18.9. The zero-order valence-corrected chi connectivity index (χ0v) is 19.7. The second kappa shape index (κ2) is 8.31. The lowest BCUT2D eigenvalue weighted by Gasteiger charge is -2.16. The minimum atomic E-state index is -5.33. The van der Waals surface area contributed by atoms with E-state index in [1.165, 1.54) is 17.4 Å². The molecule has 0 bridgehead atoms. The molecule has 0 radical (unpaired) electrons. The Bertz CT molecular complexity index is 1900. The Kier molecular flexibility index (Phi) is 5.17. The van der Waals surface area contributed by atoms with Gasteiger partial charge in [-0.15, -0.1) is 11.3 Å². The number of carbonyl (C=O) groups is 1. The fourth-order valence-corrected chi connectivity index (χ4v) is 5.90. The van der Waals surface area contributed by atoms with E-state index in [0.717, 1.165) is 31.2 Å². The highest BCUT2D eigenvalue weighted by Crippen LogP contribution is 2.42. The molecule has 0 saturated carbocycles. The molecule has 0 aliphatic carbocycles. The van der Waals surface area contributed by atoms with Crippen molar-refractivity contribution in [1.82, 2.24) is 4.57 Å². The van der Waals surface area contributed by atoms with Crippen LogP contribution in [-0.4, -0.2) is 21.6 Å². The minimum absolute atomic E-state index is 0.0154. The van der Waals surface area contributed by atoms with Crippen LogP contribution in [0.1, 0.15) is 10.4 Å². The highest BCUT2D eigenvalue weighted by atomic mass is 32.1. The van der Waals surface area contributed by atoms with Gasteiger partial charge in [0.25, 0.3) is 11.3 Å². The number of Topliss-reactive ketones (excluding diaryl/α,β-unsaturated/α-hetero) is 1. The van der Waals surface area contributed by atoms with Crippen LogP contribution in [0.4, 0.5) is 13.2 Å². The highest BCUT2D eigenvalue weighted by Gasteiger charge is 2.43. The SMILES string of the molecule is O=C(c1c(O)c2ccc3c4ccccc4sc3c2n(-c2ccc(-c3ccccc3)cc2)c1=O)C(F)(F)F. The quantitative estimate of drug-likeness (QED) is 0.249. The van der Waals surface area contributed by atoms with Crippen molar-refractivity contribution in [3.05, 3.63) is 107 Å². The van der Waals surface area contributed by atoms with Gasteiger partial charge >= 0.3 is 6.18 Å². The summed E-state index contributed by atoms with van der Waals surface area (Å²) in [4.78, 5) is 25.9. The van der Waals surface area contributed by atoms with Crippen LogP contribution in [0.5, 0.6) is 5.75 Å².